The first-order valence-corrected chi connectivity index (χ1v) is 7.57. The predicted molar refractivity (Wildman–Crippen MR) is 89.4 cm³/mol. The number of carbonyl (C=O) groups is 1. The number of halogens is 3. The summed E-state index contributed by atoms with van der Waals surface area (Å²) in [7, 11) is 1.45. The Balaban J connectivity index is 1.78. The van der Waals surface area contributed by atoms with Gasteiger partial charge in [0.15, 0.2) is 5.82 Å². The summed E-state index contributed by atoms with van der Waals surface area (Å²) in [6, 6.07) is 14.6. The number of aromatic nitrogens is 3. The van der Waals surface area contributed by atoms with Crippen LogP contribution in [-0.4, -0.2) is 28.1 Å². The van der Waals surface area contributed by atoms with Crippen molar-refractivity contribution in [1.29, 1.82) is 0 Å². The van der Waals surface area contributed by atoms with Crippen LogP contribution in [0.15, 0.2) is 60.8 Å². The molecule has 0 radical (unpaired) electrons. The van der Waals surface area contributed by atoms with Crippen molar-refractivity contribution in [2.75, 3.05) is 11.9 Å². The van der Waals surface area contributed by atoms with Crippen LogP contribution in [0.4, 0.5) is 19.0 Å². The molecule has 2 aromatic heterocycles. The summed E-state index contributed by atoms with van der Waals surface area (Å²) in [5.41, 5.74) is 0.492. The Labute approximate surface area is 147 Å². The van der Waals surface area contributed by atoms with Gasteiger partial charge in [0.2, 0.25) is 0 Å². The maximum atomic E-state index is 12.6. The van der Waals surface area contributed by atoms with Gasteiger partial charge in [0, 0.05) is 18.8 Å². The molecule has 0 bridgehead atoms. The number of pyridine rings is 1. The first kappa shape index (κ1) is 17.5. The van der Waals surface area contributed by atoms with E-state index in [1.165, 1.54) is 11.9 Å². The molecule has 0 spiro atoms. The number of carbonyl (C=O) groups excluding carboxylic acids is 1. The Morgan fingerprint density at radius 2 is 1.69 bits per heavy atom. The fourth-order valence-corrected chi connectivity index (χ4v) is 2.23. The normalized spacial score (nSPS) is 11.2. The van der Waals surface area contributed by atoms with E-state index in [1.54, 1.807) is 12.1 Å². The molecule has 2 heterocycles. The van der Waals surface area contributed by atoms with E-state index in [2.05, 4.69) is 15.2 Å². The SMILES string of the molecule is CN(C(=O)c1ccc(C(F)(F)F)cn1)c1ccc(-c2ccccc2)nn1. The second-order valence-electron chi connectivity index (χ2n) is 5.44. The number of hydrogen-bond donors (Lipinski definition) is 0. The number of alkyl halides is 3. The van der Waals surface area contributed by atoms with Gasteiger partial charge in [-0.3, -0.25) is 14.7 Å². The minimum atomic E-state index is -4.50. The van der Waals surface area contributed by atoms with Gasteiger partial charge in [-0.05, 0) is 24.3 Å². The maximum absolute atomic E-state index is 12.6. The Morgan fingerprint density at radius 1 is 0.962 bits per heavy atom. The van der Waals surface area contributed by atoms with E-state index in [-0.39, 0.29) is 11.5 Å². The quantitative estimate of drug-likeness (QED) is 0.714. The van der Waals surface area contributed by atoms with Crippen molar-refractivity contribution in [3.63, 3.8) is 0 Å². The molecule has 0 unspecified atom stereocenters. The molecule has 0 atom stereocenters. The fourth-order valence-electron chi connectivity index (χ4n) is 2.23. The molecule has 3 aromatic rings. The molecule has 0 aliphatic rings. The average molecular weight is 358 g/mol. The zero-order valence-corrected chi connectivity index (χ0v) is 13.6. The zero-order valence-electron chi connectivity index (χ0n) is 13.6. The van der Waals surface area contributed by atoms with Gasteiger partial charge >= 0.3 is 6.18 Å². The third kappa shape index (κ3) is 3.69. The fraction of sp³-hybridized carbons (Fsp3) is 0.111. The number of anilines is 1. The van der Waals surface area contributed by atoms with Crippen LogP contribution >= 0.6 is 0 Å². The smallest absolute Gasteiger partial charge is 0.293 e. The highest BCUT2D eigenvalue weighted by atomic mass is 19.4. The molecule has 1 amide bonds. The van der Waals surface area contributed by atoms with Crippen molar-refractivity contribution in [3.8, 4) is 11.3 Å². The van der Waals surface area contributed by atoms with Gasteiger partial charge in [0.05, 0.1) is 11.3 Å². The summed E-state index contributed by atoms with van der Waals surface area (Å²) >= 11 is 0. The summed E-state index contributed by atoms with van der Waals surface area (Å²) in [5, 5.41) is 8.09. The Bertz CT molecular complexity index is 894. The van der Waals surface area contributed by atoms with Gasteiger partial charge in [0.1, 0.15) is 5.69 Å². The van der Waals surface area contributed by atoms with Crippen LogP contribution in [0.1, 0.15) is 16.1 Å². The molecule has 26 heavy (non-hydrogen) atoms. The number of rotatable bonds is 3. The molecule has 0 fully saturated rings. The van der Waals surface area contributed by atoms with E-state index >= 15 is 0 Å². The predicted octanol–water partition coefficient (Wildman–Crippen LogP) is 3.83. The van der Waals surface area contributed by atoms with Crippen molar-refractivity contribution in [3.05, 3.63) is 72.1 Å². The van der Waals surface area contributed by atoms with Crippen molar-refractivity contribution in [2.24, 2.45) is 0 Å². The van der Waals surface area contributed by atoms with Crippen LogP contribution in [0, 0.1) is 0 Å². The van der Waals surface area contributed by atoms with Crippen LogP contribution in [0.3, 0.4) is 0 Å². The topological polar surface area (TPSA) is 59.0 Å². The van der Waals surface area contributed by atoms with E-state index in [4.69, 9.17) is 0 Å². The van der Waals surface area contributed by atoms with Gasteiger partial charge in [-0.1, -0.05) is 30.3 Å². The maximum Gasteiger partial charge on any atom is 0.417 e. The molecule has 0 aliphatic carbocycles. The lowest BCUT2D eigenvalue weighted by Crippen LogP contribution is -2.28. The summed E-state index contributed by atoms with van der Waals surface area (Å²) in [5.74, 6) is -0.322. The molecule has 132 valence electrons. The molecule has 1 aromatic carbocycles. The van der Waals surface area contributed by atoms with E-state index in [1.807, 2.05) is 30.3 Å². The first-order chi connectivity index (χ1) is 12.4. The van der Waals surface area contributed by atoms with Crippen molar-refractivity contribution in [2.45, 2.75) is 6.18 Å². The van der Waals surface area contributed by atoms with Crippen LogP contribution in [0.2, 0.25) is 0 Å². The van der Waals surface area contributed by atoms with E-state index in [0.29, 0.717) is 11.9 Å². The standard InChI is InChI=1S/C18H13F3N4O/c1-25(17(26)15-8-7-13(11-22-15)18(19,20)21)16-10-9-14(23-24-16)12-5-3-2-4-6-12/h2-11H,1H3. The highest BCUT2D eigenvalue weighted by molar-refractivity contribution is 6.03. The minimum absolute atomic E-state index is 0.116. The van der Waals surface area contributed by atoms with Crippen LogP contribution < -0.4 is 4.90 Å². The highest BCUT2D eigenvalue weighted by Crippen LogP contribution is 2.28. The van der Waals surface area contributed by atoms with Gasteiger partial charge in [-0.25, -0.2) is 0 Å². The number of nitrogens with zero attached hydrogens (tertiary/aromatic N) is 4. The van der Waals surface area contributed by atoms with E-state index in [0.717, 1.165) is 17.7 Å². The number of benzene rings is 1. The highest BCUT2D eigenvalue weighted by Gasteiger charge is 2.31. The zero-order chi connectivity index (χ0) is 18.7. The molecule has 0 aliphatic heterocycles. The molecule has 0 saturated carbocycles. The molecule has 3 rings (SSSR count). The third-order valence-corrected chi connectivity index (χ3v) is 3.68. The third-order valence-electron chi connectivity index (χ3n) is 3.68. The molecule has 0 N–H and O–H groups in total. The van der Waals surface area contributed by atoms with Gasteiger partial charge in [-0.2, -0.15) is 13.2 Å². The van der Waals surface area contributed by atoms with Gasteiger partial charge in [0.25, 0.3) is 5.91 Å². The largest absolute Gasteiger partial charge is 0.417 e. The van der Waals surface area contributed by atoms with Crippen LogP contribution in [-0.2, 0) is 6.18 Å². The Kier molecular flexibility index (Phi) is 4.66. The molecule has 0 saturated heterocycles. The van der Waals surface area contributed by atoms with Crippen LogP contribution in [0.25, 0.3) is 11.3 Å². The second kappa shape index (κ2) is 6.91. The lowest BCUT2D eigenvalue weighted by atomic mass is 10.1. The summed E-state index contributed by atoms with van der Waals surface area (Å²) in [6.45, 7) is 0. The van der Waals surface area contributed by atoms with Gasteiger partial charge < -0.3 is 0 Å². The summed E-state index contributed by atoms with van der Waals surface area (Å²) in [6.07, 6.45) is -3.87. The molecular formula is C18H13F3N4O. The van der Waals surface area contributed by atoms with Crippen LogP contribution in [0.5, 0.6) is 0 Å². The average Bonchev–Trinajstić information content (AvgIpc) is 2.67. The summed E-state index contributed by atoms with van der Waals surface area (Å²) < 4.78 is 37.7. The van der Waals surface area contributed by atoms with E-state index in [9.17, 15) is 18.0 Å². The van der Waals surface area contributed by atoms with Crippen molar-refractivity contribution < 1.29 is 18.0 Å². The van der Waals surface area contributed by atoms with Gasteiger partial charge in [-0.15, -0.1) is 10.2 Å². The van der Waals surface area contributed by atoms with E-state index < -0.39 is 17.6 Å². The lowest BCUT2D eigenvalue weighted by molar-refractivity contribution is -0.137. The molecular weight excluding hydrogens is 345 g/mol. The monoisotopic (exact) mass is 358 g/mol. The number of amides is 1. The van der Waals surface area contributed by atoms with Crippen molar-refractivity contribution >= 4 is 11.7 Å². The Morgan fingerprint density at radius 3 is 2.23 bits per heavy atom. The Hall–Kier alpha value is -3.29. The van der Waals surface area contributed by atoms with Crippen molar-refractivity contribution in [1.82, 2.24) is 15.2 Å². The second-order valence-corrected chi connectivity index (χ2v) is 5.44. The molecule has 5 nitrogen and oxygen atoms in total. The first-order valence-electron chi connectivity index (χ1n) is 7.57. The lowest BCUT2D eigenvalue weighted by Gasteiger charge is -2.15. The molecule has 8 heteroatoms. The minimum Gasteiger partial charge on any atom is -0.293 e. The number of hydrogen-bond acceptors (Lipinski definition) is 4. The summed E-state index contributed by atoms with van der Waals surface area (Å²) in [4.78, 5) is 17.2.